The molecular formula is C23H22ClFN4O4. The average molecular weight is 473 g/mol. The molecule has 0 aliphatic carbocycles. The second-order valence-corrected chi connectivity index (χ2v) is 7.91. The molecule has 0 aliphatic heterocycles. The Morgan fingerprint density at radius 1 is 1.12 bits per heavy atom. The maximum Gasteiger partial charge on any atom is 0.332 e. The lowest BCUT2D eigenvalue weighted by Crippen LogP contribution is -2.39. The number of hydrogen-bond donors (Lipinski definition) is 1. The number of fused-ring (bicyclic) bond motifs is 1. The Hall–Kier alpha value is -3.43. The van der Waals surface area contributed by atoms with Crippen LogP contribution in [0.4, 0.5) is 4.39 Å². The van der Waals surface area contributed by atoms with E-state index in [1.807, 2.05) is 12.1 Å². The fourth-order valence-corrected chi connectivity index (χ4v) is 3.86. The van der Waals surface area contributed by atoms with Gasteiger partial charge in [-0.2, -0.15) is 0 Å². The maximum atomic E-state index is 13.4. The van der Waals surface area contributed by atoms with Crippen LogP contribution in [-0.4, -0.2) is 37.3 Å². The van der Waals surface area contributed by atoms with Gasteiger partial charge in [0.1, 0.15) is 11.6 Å². The number of hydrogen-bond acceptors (Lipinski definition) is 5. The molecule has 0 bridgehead atoms. The largest absolute Gasteiger partial charge is 0.463 e. The summed E-state index contributed by atoms with van der Waals surface area (Å²) in [6.45, 7) is -0.761. The summed E-state index contributed by atoms with van der Waals surface area (Å²) in [6.07, 6.45) is 0.265. The van der Waals surface area contributed by atoms with Crippen LogP contribution in [0.3, 0.4) is 0 Å². The van der Waals surface area contributed by atoms with Crippen molar-refractivity contribution >= 4 is 22.8 Å². The molecule has 2 aromatic heterocycles. The summed E-state index contributed by atoms with van der Waals surface area (Å²) in [5.74, 6) is 0.741. The van der Waals surface area contributed by atoms with E-state index in [0.29, 0.717) is 22.2 Å². The highest BCUT2D eigenvalue weighted by atomic mass is 35.5. The summed E-state index contributed by atoms with van der Waals surface area (Å²) in [5, 5.41) is 9.78. The summed E-state index contributed by atoms with van der Waals surface area (Å²) in [7, 11) is 1.55. The molecule has 0 atom stereocenters. The van der Waals surface area contributed by atoms with Crippen LogP contribution < -0.4 is 16.0 Å². The number of aromatic nitrogens is 4. The minimum Gasteiger partial charge on any atom is -0.463 e. The van der Waals surface area contributed by atoms with Gasteiger partial charge in [0.25, 0.3) is 5.56 Å². The smallest absolute Gasteiger partial charge is 0.332 e. The first kappa shape index (κ1) is 22.8. The van der Waals surface area contributed by atoms with Crippen molar-refractivity contribution in [3.8, 4) is 17.1 Å². The molecular weight excluding hydrogens is 451 g/mol. The van der Waals surface area contributed by atoms with E-state index in [1.165, 1.54) is 4.57 Å². The Balaban J connectivity index is 2.00. The van der Waals surface area contributed by atoms with E-state index in [4.69, 9.17) is 16.3 Å². The average Bonchev–Trinajstić information content (AvgIpc) is 3.19. The van der Waals surface area contributed by atoms with Gasteiger partial charge in [-0.25, -0.2) is 14.2 Å². The molecule has 0 fully saturated rings. The van der Waals surface area contributed by atoms with Crippen LogP contribution in [0.2, 0.25) is 5.02 Å². The molecule has 4 rings (SSSR count). The molecule has 0 unspecified atom stereocenters. The molecule has 2 aromatic carbocycles. The molecule has 8 nitrogen and oxygen atoms in total. The van der Waals surface area contributed by atoms with E-state index in [2.05, 4.69) is 4.98 Å². The number of aryl methyl sites for hydroxylation is 1. The van der Waals surface area contributed by atoms with Crippen molar-refractivity contribution in [2.45, 2.75) is 19.5 Å². The van der Waals surface area contributed by atoms with Crippen LogP contribution >= 0.6 is 11.6 Å². The van der Waals surface area contributed by atoms with Crippen LogP contribution in [0.1, 0.15) is 12.0 Å². The normalized spacial score (nSPS) is 11.3. The third-order valence-corrected chi connectivity index (χ3v) is 5.59. The zero-order valence-electron chi connectivity index (χ0n) is 17.9. The van der Waals surface area contributed by atoms with Crippen LogP contribution in [0.5, 0.6) is 5.75 Å². The molecule has 0 saturated heterocycles. The standard InChI is InChI=1S/C23H22ClFN4O4/c1-27-21-19(22(31)28(23(27)32)10-3-11-30)29(13-15-6-8-17(24)9-7-15)20(26-21)16-4-2-5-18(12-16)33-14-25/h2,4-9,12,30H,3,10-11,13-14H2,1H3. The number of aliphatic hydroxyl groups is 1. The number of benzene rings is 2. The number of aliphatic hydroxyl groups excluding tert-OH is 1. The van der Waals surface area contributed by atoms with Crippen molar-refractivity contribution in [2.75, 3.05) is 13.5 Å². The SMILES string of the molecule is Cn1c(=O)n(CCCO)c(=O)c2c1nc(-c1cccc(OCF)c1)n2Cc1ccc(Cl)cc1. The highest BCUT2D eigenvalue weighted by Gasteiger charge is 2.21. The van der Waals surface area contributed by atoms with Crippen LogP contribution in [-0.2, 0) is 20.1 Å². The number of ether oxygens (including phenoxy) is 1. The molecule has 10 heteroatoms. The number of nitrogens with zero attached hydrogens (tertiary/aromatic N) is 4. The second-order valence-electron chi connectivity index (χ2n) is 7.48. The van der Waals surface area contributed by atoms with Gasteiger partial charge in [0, 0.05) is 37.3 Å². The predicted octanol–water partition coefficient (Wildman–Crippen LogP) is 2.95. The first-order chi connectivity index (χ1) is 15.9. The van der Waals surface area contributed by atoms with Gasteiger partial charge in [0.2, 0.25) is 6.86 Å². The predicted molar refractivity (Wildman–Crippen MR) is 124 cm³/mol. The lowest BCUT2D eigenvalue weighted by atomic mass is 10.2. The summed E-state index contributed by atoms with van der Waals surface area (Å²) >= 11 is 6.02. The molecule has 4 aromatic rings. The van der Waals surface area contributed by atoms with Gasteiger partial charge in [0.05, 0.1) is 0 Å². The van der Waals surface area contributed by atoms with Crippen LogP contribution in [0.25, 0.3) is 22.6 Å². The monoisotopic (exact) mass is 472 g/mol. The lowest BCUT2D eigenvalue weighted by molar-refractivity contribution is 0.192. The van der Waals surface area contributed by atoms with Crippen molar-refractivity contribution in [1.29, 1.82) is 0 Å². The number of halogens is 2. The van der Waals surface area contributed by atoms with Crippen molar-refractivity contribution in [1.82, 2.24) is 18.7 Å². The fraction of sp³-hybridized carbons (Fsp3) is 0.261. The summed E-state index contributed by atoms with van der Waals surface area (Å²) in [5.41, 5.74) is 0.928. The highest BCUT2D eigenvalue weighted by Crippen LogP contribution is 2.27. The maximum absolute atomic E-state index is 13.4. The molecule has 33 heavy (non-hydrogen) atoms. The highest BCUT2D eigenvalue weighted by molar-refractivity contribution is 6.30. The molecule has 172 valence electrons. The molecule has 0 saturated carbocycles. The zero-order valence-corrected chi connectivity index (χ0v) is 18.6. The van der Waals surface area contributed by atoms with Crippen LogP contribution in [0, 0.1) is 0 Å². The van der Waals surface area contributed by atoms with Gasteiger partial charge in [-0.15, -0.1) is 0 Å². The summed E-state index contributed by atoms with van der Waals surface area (Å²) in [6, 6.07) is 13.9. The fourth-order valence-electron chi connectivity index (χ4n) is 3.73. The van der Waals surface area contributed by atoms with E-state index in [-0.39, 0.29) is 37.3 Å². The Labute approximate surface area is 193 Å². The van der Waals surface area contributed by atoms with Gasteiger partial charge in [-0.1, -0.05) is 35.9 Å². The quantitative estimate of drug-likeness (QED) is 0.426. The lowest BCUT2D eigenvalue weighted by Gasteiger charge is -2.12. The first-order valence-electron chi connectivity index (χ1n) is 10.3. The second kappa shape index (κ2) is 9.60. The third-order valence-electron chi connectivity index (χ3n) is 5.34. The van der Waals surface area contributed by atoms with Crippen molar-refractivity contribution in [2.24, 2.45) is 7.05 Å². The minimum atomic E-state index is -0.977. The van der Waals surface area contributed by atoms with Gasteiger partial charge >= 0.3 is 5.69 Å². The van der Waals surface area contributed by atoms with Gasteiger partial charge in [0.15, 0.2) is 11.2 Å². The van der Waals surface area contributed by atoms with E-state index >= 15 is 0 Å². The molecule has 0 spiro atoms. The van der Waals surface area contributed by atoms with E-state index in [1.54, 1.807) is 48.0 Å². The number of rotatable bonds is 8. The summed E-state index contributed by atoms with van der Waals surface area (Å²) < 4.78 is 21.8. The first-order valence-corrected chi connectivity index (χ1v) is 10.7. The third kappa shape index (κ3) is 4.42. The Morgan fingerprint density at radius 2 is 1.88 bits per heavy atom. The summed E-state index contributed by atoms with van der Waals surface area (Å²) in [4.78, 5) is 30.8. The Morgan fingerprint density at radius 3 is 2.58 bits per heavy atom. The molecule has 2 heterocycles. The zero-order chi connectivity index (χ0) is 23.5. The van der Waals surface area contributed by atoms with Gasteiger partial charge < -0.3 is 14.4 Å². The van der Waals surface area contributed by atoms with Gasteiger partial charge in [-0.3, -0.25) is 13.9 Å². The van der Waals surface area contributed by atoms with Crippen LogP contribution in [0.15, 0.2) is 58.1 Å². The Bertz CT molecular complexity index is 1410. The molecule has 0 aliphatic rings. The van der Waals surface area contributed by atoms with E-state index in [0.717, 1.165) is 10.1 Å². The Kier molecular flexibility index (Phi) is 6.62. The molecule has 0 amide bonds. The van der Waals surface area contributed by atoms with E-state index < -0.39 is 18.1 Å². The van der Waals surface area contributed by atoms with E-state index in [9.17, 15) is 19.1 Å². The van der Waals surface area contributed by atoms with Gasteiger partial charge in [-0.05, 0) is 36.2 Å². The van der Waals surface area contributed by atoms with Crippen molar-refractivity contribution in [3.05, 3.63) is 80.0 Å². The van der Waals surface area contributed by atoms with Crippen molar-refractivity contribution < 1.29 is 14.2 Å². The van der Waals surface area contributed by atoms with Crippen molar-refractivity contribution in [3.63, 3.8) is 0 Å². The molecule has 1 N–H and O–H groups in total. The number of alkyl halides is 1. The minimum absolute atomic E-state index is 0.0826. The molecule has 0 radical (unpaired) electrons. The number of imidazole rings is 1. The topological polar surface area (TPSA) is 91.3 Å².